The smallest absolute Gasteiger partial charge is 0.231 e. The first-order valence-electron chi connectivity index (χ1n) is 7.43. The number of thiazole rings is 1. The summed E-state index contributed by atoms with van der Waals surface area (Å²) in [7, 11) is 0. The molecule has 2 aromatic rings. The lowest BCUT2D eigenvalue weighted by molar-refractivity contribution is -0.121. The van der Waals surface area contributed by atoms with Gasteiger partial charge in [0.25, 0.3) is 0 Å². The number of hydrogen-bond acceptors (Lipinski definition) is 4. The van der Waals surface area contributed by atoms with Gasteiger partial charge in [0.15, 0.2) is 5.13 Å². The number of amides is 1. The fraction of sp³-hybridized carbons (Fsp3) is 0.500. The van der Waals surface area contributed by atoms with E-state index in [4.69, 9.17) is 4.74 Å². The Morgan fingerprint density at radius 2 is 2.29 bits per heavy atom. The predicted octanol–water partition coefficient (Wildman–Crippen LogP) is 3.46. The van der Waals surface area contributed by atoms with Gasteiger partial charge < -0.3 is 4.74 Å². The summed E-state index contributed by atoms with van der Waals surface area (Å²) in [4.78, 5) is 19.0. The second kappa shape index (κ2) is 6.12. The number of nitrogens with zero attached hydrogens (tertiary/aromatic N) is 2. The Morgan fingerprint density at radius 3 is 2.95 bits per heavy atom. The number of fused-ring (bicyclic) bond motifs is 1. The van der Waals surface area contributed by atoms with Crippen molar-refractivity contribution in [2.24, 2.45) is 5.92 Å². The number of benzene rings is 1. The molecule has 4 nitrogen and oxygen atoms in total. The normalized spacial score (nSPS) is 18.5. The summed E-state index contributed by atoms with van der Waals surface area (Å²) in [6.07, 6.45) is 2.24. The molecule has 0 N–H and O–H groups in total. The van der Waals surface area contributed by atoms with Gasteiger partial charge in [-0.05, 0) is 25.0 Å². The molecule has 2 heterocycles. The van der Waals surface area contributed by atoms with E-state index in [9.17, 15) is 4.79 Å². The molecule has 3 rings (SSSR count). The van der Waals surface area contributed by atoms with Gasteiger partial charge in [0.05, 0.1) is 22.9 Å². The minimum Gasteiger partial charge on any atom is -0.376 e. The number of aromatic nitrogens is 1. The van der Waals surface area contributed by atoms with Crippen LogP contribution in [-0.2, 0) is 9.53 Å². The van der Waals surface area contributed by atoms with Crippen molar-refractivity contribution in [1.29, 1.82) is 0 Å². The highest BCUT2D eigenvalue weighted by Gasteiger charge is 2.27. The maximum absolute atomic E-state index is 12.5. The second-order valence-corrected chi connectivity index (χ2v) is 6.71. The SMILES string of the molecule is CC(C)C(=O)N(CC1CCCO1)c1nc2ccccc2s1. The summed E-state index contributed by atoms with van der Waals surface area (Å²) >= 11 is 1.57. The van der Waals surface area contributed by atoms with E-state index in [1.165, 1.54) is 0 Å². The number of carbonyl (C=O) groups is 1. The molecular formula is C16H20N2O2S. The van der Waals surface area contributed by atoms with Crippen molar-refractivity contribution < 1.29 is 9.53 Å². The Kier molecular flexibility index (Phi) is 4.22. The number of hydrogen-bond donors (Lipinski definition) is 0. The number of anilines is 1. The minimum atomic E-state index is -0.0431. The van der Waals surface area contributed by atoms with E-state index in [1.807, 2.05) is 43.0 Å². The molecule has 5 heteroatoms. The van der Waals surface area contributed by atoms with Crippen LogP contribution in [0.25, 0.3) is 10.2 Å². The van der Waals surface area contributed by atoms with Crippen molar-refractivity contribution in [3.8, 4) is 0 Å². The summed E-state index contributed by atoms with van der Waals surface area (Å²) in [6, 6.07) is 8.00. The summed E-state index contributed by atoms with van der Waals surface area (Å²) in [6.45, 7) is 5.27. The van der Waals surface area contributed by atoms with Crippen LogP contribution < -0.4 is 4.90 Å². The van der Waals surface area contributed by atoms with Gasteiger partial charge in [0.1, 0.15) is 0 Å². The molecule has 112 valence electrons. The largest absolute Gasteiger partial charge is 0.376 e. The van der Waals surface area contributed by atoms with E-state index in [-0.39, 0.29) is 17.9 Å². The van der Waals surface area contributed by atoms with Gasteiger partial charge in [-0.3, -0.25) is 9.69 Å². The first-order chi connectivity index (χ1) is 10.1. The van der Waals surface area contributed by atoms with Crippen molar-refractivity contribution in [2.45, 2.75) is 32.8 Å². The summed E-state index contributed by atoms with van der Waals surface area (Å²) in [5, 5.41) is 0.783. The molecule has 0 saturated carbocycles. The lowest BCUT2D eigenvalue weighted by atomic mass is 10.1. The van der Waals surface area contributed by atoms with Crippen molar-refractivity contribution >= 4 is 32.6 Å². The van der Waals surface area contributed by atoms with Crippen LogP contribution >= 0.6 is 11.3 Å². The van der Waals surface area contributed by atoms with Crippen LogP contribution in [0.1, 0.15) is 26.7 Å². The molecule has 1 fully saturated rings. The summed E-state index contributed by atoms with van der Waals surface area (Å²) in [5.41, 5.74) is 0.950. The number of rotatable bonds is 4. The molecule has 1 aromatic carbocycles. The Bertz CT molecular complexity index is 599. The maximum Gasteiger partial charge on any atom is 0.231 e. The lowest BCUT2D eigenvalue weighted by Crippen LogP contribution is -2.39. The van der Waals surface area contributed by atoms with Crippen molar-refractivity contribution in [3.63, 3.8) is 0 Å². The molecule has 0 bridgehead atoms. The summed E-state index contributed by atoms with van der Waals surface area (Å²) in [5.74, 6) is 0.0722. The third kappa shape index (κ3) is 3.09. The van der Waals surface area contributed by atoms with Gasteiger partial charge in [-0.15, -0.1) is 0 Å². The van der Waals surface area contributed by atoms with Gasteiger partial charge in [0, 0.05) is 12.5 Å². The lowest BCUT2D eigenvalue weighted by Gasteiger charge is -2.24. The zero-order valence-electron chi connectivity index (χ0n) is 12.4. The molecule has 1 saturated heterocycles. The highest BCUT2D eigenvalue weighted by Crippen LogP contribution is 2.30. The van der Waals surface area contributed by atoms with Crippen LogP contribution in [-0.4, -0.2) is 30.1 Å². The van der Waals surface area contributed by atoms with Crippen molar-refractivity contribution in [2.75, 3.05) is 18.1 Å². The third-order valence-corrected chi connectivity index (χ3v) is 4.74. The Morgan fingerprint density at radius 1 is 1.48 bits per heavy atom. The van der Waals surface area contributed by atoms with Gasteiger partial charge in [-0.1, -0.05) is 37.3 Å². The number of carbonyl (C=O) groups excluding carboxylic acids is 1. The Labute approximate surface area is 128 Å². The van der Waals surface area contributed by atoms with Crippen molar-refractivity contribution in [3.05, 3.63) is 24.3 Å². The highest BCUT2D eigenvalue weighted by atomic mass is 32.1. The average molecular weight is 304 g/mol. The van der Waals surface area contributed by atoms with E-state index in [1.54, 1.807) is 11.3 Å². The predicted molar refractivity (Wildman–Crippen MR) is 85.8 cm³/mol. The monoisotopic (exact) mass is 304 g/mol. The Hall–Kier alpha value is -1.46. The zero-order chi connectivity index (χ0) is 14.8. The van der Waals surface area contributed by atoms with Gasteiger partial charge in [-0.25, -0.2) is 4.98 Å². The number of para-hydroxylation sites is 1. The average Bonchev–Trinajstić information content (AvgIpc) is 3.12. The van der Waals surface area contributed by atoms with Crippen LogP contribution in [0.4, 0.5) is 5.13 Å². The highest BCUT2D eigenvalue weighted by molar-refractivity contribution is 7.22. The van der Waals surface area contributed by atoms with Gasteiger partial charge in [0.2, 0.25) is 5.91 Å². The maximum atomic E-state index is 12.5. The molecular weight excluding hydrogens is 284 g/mol. The van der Waals surface area contributed by atoms with E-state index in [0.29, 0.717) is 6.54 Å². The molecule has 1 aliphatic rings. The third-order valence-electron chi connectivity index (χ3n) is 3.68. The van der Waals surface area contributed by atoms with Crippen LogP contribution in [0.5, 0.6) is 0 Å². The number of ether oxygens (including phenoxy) is 1. The molecule has 1 atom stereocenters. The second-order valence-electron chi connectivity index (χ2n) is 5.70. The van der Waals surface area contributed by atoms with Crippen LogP contribution in [0.15, 0.2) is 24.3 Å². The molecule has 0 radical (unpaired) electrons. The first-order valence-corrected chi connectivity index (χ1v) is 8.25. The minimum absolute atomic E-state index is 0.0431. The molecule has 1 aromatic heterocycles. The molecule has 1 aliphatic heterocycles. The van der Waals surface area contributed by atoms with Crippen LogP contribution in [0.2, 0.25) is 0 Å². The van der Waals surface area contributed by atoms with E-state index >= 15 is 0 Å². The van der Waals surface area contributed by atoms with E-state index in [0.717, 1.165) is 34.8 Å². The van der Waals surface area contributed by atoms with Gasteiger partial charge >= 0.3 is 0 Å². The fourth-order valence-corrected chi connectivity index (χ4v) is 3.52. The topological polar surface area (TPSA) is 42.4 Å². The molecule has 1 unspecified atom stereocenters. The van der Waals surface area contributed by atoms with E-state index in [2.05, 4.69) is 4.98 Å². The standard InChI is InChI=1S/C16H20N2O2S/c1-11(2)15(19)18(10-12-6-5-9-20-12)16-17-13-7-3-4-8-14(13)21-16/h3-4,7-8,11-12H,5-6,9-10H2,1-2H3. The van der Waals surface area contributed by atoms with Gasteiger partial charge in [-0.2, -0.15) is 0 Å². The molecule has 0 spiro atoms. The molecule has 21 heavy (non-hydrogen) atoms. The van der Waals surface area contributed by atoms with Crippen LogP contribution in [0.3, 0.4) is 0 Å². The molecule has 0 aliphatic carbocycles. The van der Waals surface area contributed by atoms with E-state index < -0.39 is 0 Å². The zero-order valence-corrected chi connectivity index (χ0v) is 13.2. The first kappa shape index (κ1) is 14.5. The quantitative estimate of drug-likeness (QED) is 0.868. The fourth-order valence-electron chi connectivity index (χ4n) is 2.54. The van der Waals surface area contributed by atoms with Crippen LogP contribution in [0, 0.1) is 5.92 Å². The van der Waals surface area contributed by atoms with Crippen molar-refractivity contribution in [1.82, 2.24) is 4.98 Å². The molecule has 1 amide bonds. The summed E-state index contributed by atoms with van der Waals surface area (Å²) < 4.78 is 6.80. The Balaban J connectivity index is 1.90.